The third-order valence-corrected chi connectivity index (χ3v) is 22.0. The van der Waals surface area contributed by atoms with Gasteiger partial charge in [0.2, 0.25) is 82.7 Å². The molecule has 0 saturated carbocycles. The molecular formula is C74H126N20O18. The summed E-state index contributed by atoms with van der Waals surface area (Å²) in [5.74, 6) is -11.6. The minimum Gasteiger partial charge on any atom is -0.481 e. The molecule has 0 aromatic rings. The van der Waals surface area contributed by atoms with E-state index in [-0.39, 0.29) is 123 Å². The van der Waals surface area contributed by atoms with Crippen molar-refractivity contribution in [1.29, 1.82) is 0 Å². The highest BCUT2D eigenvalue weighted by Gasteiger charge is 2.48. The Hall–Kier alpha value is -8.72. The number of hydrogen-bond donors (Lipinski definition) is 16. The second-order valence-corrected chi connectivity index (χ2v) is 30.4. The lowest BCUT2D eigenvalue weighted by Crippen LogP contribution is -2.60. The van der Waals surface area contributed by atoms with Gasteiger partial charge in [-0.15, -0.1) is 0 Å². The summed E-state index contributed by atoms with van der Waals surface area (Å²) in [5, 5.41) is 41.1. The molecule has 0 spiro atoms. The van der Waals surface area contributed by atoms with Gasteiger partial charge in [-0.2, -0.15) is 0 Å². The maximum absolute atomic E-state index is 14.9. The van der Waals surface area contributed by atoms with Crippen molar-refractivity contribution in [2.45, 2.75) is 298 Å². The number of amides is 14. The maximum Gasteiger partial charge on any atom is 0.325 e. The Balaban J connectivity index is 1.11. The molecule has 0 aromatic carbocycles. The summed E-state index contributed by atoms with van der Waals surface area (Å²) >= 11 is 0. The molecule has 0 aromatic heterocycles. The molecule has 14 amide bonds. The van der Waals surface area contributed by atoms with E-state index in [1.165, 1.54) is 50.2 Å². The highest BCUT2D eigenvalue weighted by Crippen LogP contribution is 2.30. The average molecular weight is 1580 g/mol. The molecule has 6 rings (SSSR count). The first-order valence-corrected chi connectivity index (χ1v) is 40.5. The van der Waals surface area contributed by atoms with Crippen LogP contribution in [0.1, 0.15) is 207 Å². The molecule has 112 heavy (non-hydrogen) atoms. The summed E-state index contributed by atoms with van der Waals surface area (Å²) < 4.78 is 0. The number of carboxylic acid groups (broad SMARTS) is 2. The van der Waals surface area contributed by atoms with Gasteiger partial charge in [0.25, 0.3) is 0 Å². The molecule has 38 heteroatoms. The standard InChI is InChI=1S/C74H126N20O18/c1-44(80)60(97)85-49(22-6-11-35-77)69(106)89-38-14-25-53(89)63(100)81-45(2)68(105)94-43-19-30-58(94)73(110)93-42-18-29-57(93)67(104)87-51(24-8-13-37-79)71(108)91-40-16-28-56(91)66(103)88-52(31-32-59(95)96)72(109)92-41-17-27-55(92)65(102)86-50(23-7-12-36-78)70(107)90-39-15-26-54(90)64(101)84-48(21-5-10-34-76)62(99)83-47(20-4-9-33-75)61(98)82-46(3)74(111)112/h44-58H,4-43,75-80H2,1-3H3,(H,81,100)(H,82,98)(H,83,99)(H,84,101)(H,85,97)(H,86,102)(H,87,104)(H,88,103)(H,95,96)(H,111,112)/t44-,45-,46-,47-,48-,49-,50-,51-,52-,53-,54-,55-,56-,57-,58-/m0/s1. The van der Waals surface area contributed by atoms with Gasteiger partial charge in [0.05, 0.1) is 6.04 Å². The van der Waals surface area contributed by atoms with Crippen molar-refractivity contribution in [3.8, 4) is 0 Å². The zero-order valence-corrected chi connectivity index (χ0v) is 65.5. The van der Waals surface area contributed by atoms with Crippen LogP contribution in [-0.2, 0) is 76.7 Å². The van der Waals surface area contributed by atoms with Crippen LogP contribution in [0.15, 0.2) is 0 Å². The fraction of sp³-hybridized carbons (Fsp3) is 0.784. The first-order chi connectivity index (χ1) is 53.5. The van der Waals surface area contributed by atoms with Gasteiger partial charge < -0.3 is 117 Å². The number of carboxylic acids is 2. The summed E-state index contributed by atoms with van der Waals surface area (Å²) in [6.07, 6.45) is 7.65. The van der Waals surface area contributed by atoms with E-state index >= 15 is 0 Å². The highest BCUT2D eigenvalue weighted by atomic mass is 16.4. The number of carbonyl (C=O) groups is 16. The normalized spacial score (nSPS) is 22.0. The number of nitrogens with one attached hydrogen (secondary N) is 8. The summed E-state index contributed by atoms with van der Waals surface area (Å²) in [6, 6.07) is -17.2. The molecule has 6 fully saturated rings. The van der Waals surface area contributed by atoms with Crippen LogP contribution in [0.2, 0.25) is 0 Å². The Kier molecular flexibility index (Phi) is 38.2. The number of carbonyl (C=O) groups excluding carboxylic acids is 14. The first kappa shape index (κ1) is 92.2. The monoisotopic (exact) mass is 1580 g/mol. The van der Waals surface area contributed by atoms with E-state index < -0.39 is 198 Å². The Morgan fingerprint density at radius 3 is 0.920 bits per heavy atom. The summed E-state index contributed by atoms with van der Waals surface area (Å²) in [5.41, 5.74) is 34.7. The van der Waals surface area contributed by atoms with E-state index in [1.807, 2.05) is 0 Å². The molecule has 6 heterocycles. The third kappa shape index (κ3) is 26.2. The predicted molar refractivity (Wildman–Crippen MR) is 408 cm³/mol. The fourth-order valence-corrected chi connectivity index (χ4v) is 15.7. The molecule has 22 N–H and O–H groups in total. The Bertz CT molecular complexity index is 3260. The van der Waals surface area contributed by atoms with Gasteiger partial charge in [0.1, 0.15) is 84.6 Å². The minimum atomic E-state index is -1.53. The molecule has 6 saturated heterocycles. The minimum absolute atomic E-state index is 0.00122. The topological polar surface area (TPSA) is 585 Å². The van der Waals surface area contributed by atoms with Crippen molar-refractivity contribution in [2.24, 2.45) is 34.4 Å². The van der Waals surface area contributed by atoms with Crippen LogP contribution in [0.3, 0.4) is 0 Å². The van der Waals surface area contributed by atoms with Gasteiger partial charge in [-0.1, -0.05) is 0 Å². The van der Waals surface area contributed by atoms with E-state index in [0.29, 0.717) is 122 Å². The SMILES string of the molecule is C[C@H](N)C(=O)N[C@@H](CCCCN)C(=O)N1CCC[C@H]1C(=O)N[C@@H](C)C(=O)N1CCC[C@H]1C(=O)N1CCC[C@H]1C(=O)N[C@@H](CCCCN)C(=O)N1CCC[C@H]1C(=O)N[C@@H](CCC(=O)O)C(=O)N1CCC[C@H]1C(=O)N[C@@H](CCCCN)C(=O)N1CCC[C@H]1C(=O)N[C@@H](CCCCN)C(=O)N[C@@H](CCCCN)C(=O)N[C@@H](C)C(=O)O. The second-order valence-electron chi connectivity index (χ2n) is 30.4. The fourth-order valence-electron chi connectivity index (χ4n) is 15.7. The molecular weight excluding hydrogens is 1460 g/mol. The van der Waals surface area contributed by atoms with Gasteiger partial charge in [-0.25, -0.2) is 0 Å². The lowest BCUT2D eigenvalue weighted by atomic mass is 10.0. The van der Waals surface area contributed by atoms with E-state index in [0.717, 1.165) is 0 Å². The summed E-state index contributed by atoms with van der Waals surface area (Å²) in [7, 11) is 0. The first-order valence-electron chi connectivity index (χ1n) is 40.5. The third-order valence-electron chi connectivity index (χ3n) is 22.0. The molecule has 6 aliphatic heterocycles. The van der Waals surface area contributed by atoms with Gasteiger partial charge >= 0.3 is 11.9 Å². The number of nitrogens with zero attached hydrogens (tertiary/aromatic N) is 6. The van der Waals surface area contributed by atoms with Crippen LogP contribution in [0.4, 0.5) is 0 Å². The predicted octanol–water partition coefficient (Wildman–Crippen LogP) is -4.21. The quantitative estimate of drug-likeness (QED) is 0.0257. The molecule has 630 valence electrons. The molecule has 38 nitrogen and oxygen atoms in total. The summed E-state index contributed by atoms with van der Waals surface area (Å²) in [4.78, 5) is 232. The second kappa shape index (κ2) is 46.5. The molecule has 0 unspecified atom stereocenters. The molecule has 15 atom stereocenters. The zero-order valence-electron chi connectivity index (χ0n) is 65.5. The van der Waals surface area contributed by atoms with E-state index in [2.05, 4.69) is 42.5 Å². The van der Waals surface area contributed by atoms with Gasteiger partial charge in [-0.3, -0.25) is 76.7 Å². The van der Waals surface area contributed by atoms with Gasteiger partial charge in [0, 0.05) is 45.7 Å². The van der Waals surface area contributed by atoms with Crippen LogP contribution >= 0.6 is 0 Å². The van der Waals surface area contributed by atoms with Crippen LogP contribution in [0.5, 0.6) is 0 Å². The van der Waals surface area contributed by atoms with Gasteiger partial charge in [0.15, 0.2) is 0 Å². The number of hydrogen-bond acceptors (Lipinski definition) is 22. The maximum atomic E-state index is 14.9. The molecule has 0 bridgehead atoms. The number of likely N-dealkylation sites (tertiary alicyclic amines) is 6. The Morgan fingerprint density at radius 1 is 0.312 bits per heavy atom. The molecule has 0 radical (unpaired) electrons. The number of aliphatic carboxylic acids is 2. The largest absolute Gasteiger partial charge is 0.481 e. The van der Waals surface area contributed by atoms with Gasteiger partial charge in [-0.05, 0) is 233 Å². The van der Waals surface area contributed by atoms with Crippen LogP contribution in [0.25, 0.3) is 0 Å². The number of rotatable bonds is 46. The Labute approximate surface area is 655 Å². The van der Waals surface area contributed by atoms with E-state index in [9.17, 15) is 86.9 Å². The smallest absolute Gasteiger partial charge is 0.325 e. The van der Waals surface area contributed by atoms with Crippen LogP contribution in [0, 0.1) is 0 Å². The Morgan fingerprint density at radius 2 is 0.580 bits per heavy atom. The number of unbranched alkanes of at least 4 members (excludes halogenated alkanes) is 5. The van der Waals surface area contributed by atoms with E-state index in [4.69, 9.17) is 34.4 Å². The van der Waals surface area contributed by atoms with Crippen LogP contribution in [-0.4, -0.2) is 297 Å². The van der Waals surface area contributed by atoms with Crippen molar-refractivity contribution in [3.63, 3.8) is 0 Å². The zero-order chi connectivity index (χ0) is 82.3. The van der Waals surface area contributed by atoms with Crippen molar-refractivity contribution < 1.29 is 86.9 Å². The number of nitrogens with two attached hydrogens (primary N) is 6. The highest BCUT2D eigenvalue weighted by molar-refractivity contribution is 6.01. The lowest BCUT2D eigenvalue weighted by molar-refractivity contribution is -0.149. The molecule has 0 aliphatic carbocycles. The average Bonchev–Trinajstić information content (AvgIpc) is 1.62. The van der Waals surface area contributed by atoms with Crippen molar-refractivity contribution in [2.75, 3.05) is 72.0 Å². The van der Waals surface area contributed by atoms with Crippen LogP contribution < -0.4 is 76.9 Å². The van der Waals surface area contributed by atoms with Crippen molar-refractivity contribution >= 4 is 94.6 Å². The van der Waals surface area contributed by atoms with Crippen molar-refractivity contribution in [1.82, 2.24) is 71.9 Å². The lowest BCUT2D eigenvalue weighted by Gasteiger charge is -2.34. The van der Waals surface area contributed by atoms with E-state index in [1.54, 1.807) is 0 Å². The summed E-state index contributed by atoms with van der Waals surface area (Å²) in [6.45, 7) is 6.42. The molecule has 6 aliphatic rings. The van der Waals surface area contributed by atoms with Crippen molar-refractivity contribution in [3.05, 3.63) is 0 Å².